The van der Waals surface area contributed by atoms with Crippen molar-refractivity contribution in [2.24, 2.45) is 0 Å². The van der Waals surface area contributed by atoms with Crippen molar-refractivity contribution >= 4 is 12.1 Å². The van der Waals surface area contributed by atoms with Crippen molar-refractivity contribution < 1.29 is 35.5 Å². The van der Waals surface area contributed by atoms with E-state index in [1.54, 1.807) is 18.2 Å². The quantitative estimate of drug-likeness (QED) is 0.371. The molecule has 0 saturated carbocycles. The minimum Gasteiger partial charge on any atom is -0.504 e. The molecule has 7 nitrogen and oxygen atoms in total. The maximum absolute atomic E-state index is 12.2. The van der Waals surface area contributed by atoms with Gasteiger partial charge in [0.05, 0.1) is 5.56 Å². The Morgan fingerprint density at radius 1 is 1.05 bits per heavy atom. The minimum absolute atomic E-state index is 0. The molecule has 22 heavy (non-hydrogen) atoms. The van der Waals surface area contributed by atoms with Crippen LogP contribution in [0.25, 0.3) is 0 Å². The van der Waals surface area contributed by atoms with E-state index in [-0.39, 0.29) is 17.3 Å². The summed E-state index contributed by atoms with van der Waals surface area (Å²) in [5.74, 6) is -3.45. The van der Waals surface area contributed by atoms with E-state index in [0.29, 0.717) is 5.56 Å². The molecule has 1 atom stereocenters. The number of aliphatic hydroxyl groups is 1. The normalized spacial score (nSPS) is 11.3. The van der Waals surface area contributed by atoms with Crippen LogP contribution in [0.2, 0.25) is 0 Å². The number of rotatable bonds is 4. The van der Waals surface area contributed by atoms with Crippen LogP contribution in [0.1, 0.15) is 32.4 Å². The van der Waals surface area contributed by atoms with Gasteiger partial charge in [0.2, 0.25) is 5.75 Å². The highest BCUT2D eigenvalue weighted by atomic mass is 16.3. The molecule has 2 aromatic carbocycles. The highest BCUT2D eigenvalue weighted by molar-refractivity contribution is 6.07. The highest BCUT2D eigenvalue weighted by Gasteiger charge is 2.26. The highest BCUT2D eigenvalue weighted by Crippen LogP contribution is 2.39. The molecule has 0 spiro atoms. The van der Waals surface area contributed by atoms with Gasteiger partial charge < -0.3 is 25.9 Å². The Morgan fingerprint density at radius 3 is 2.18 bits per heavy atom. The van der Waals surface area contributed by atoms with Gasteiger partial charge in [-0.25, -0.2) is 0 Å². The molecule has 0 bridgehead atoms. The number of hydrogen-bond donors (Lipinski definition) is 4. The summed E-state index contributed by atoms with van der Waals surface area (Å²) >= 11 is 0. The first kappa shape index (κ1) is 17.2. The van der Waals surface area contributed by atoms with Crippen LogP contribution < -0.4 is 0 Å². The fourth-order valence-corrected chi connectivity index (χ4v) is 1.92. The number of carbonyl (C=O) groups excluding carboxylic acids is 2. The number of benzene rings is 2. The lowest BCUT2D eigenvalue weighted by molar-refractivity contribution is 0.0744. The Hall–Kier alpha value is -2.90. The third kappa shape index (κ3) is 2.90. The van der Waals surface area contributed by atoms with E-state index >= 15 is 0 Å². The summed E-state index contributed by atoms with van der Waals surface area (Å²) in [7, 11) is 0. The number of aliphatic hydroxyl groups excluding tert-OH is 1. The van der Waals surface area contributed by atoms with Crippen molar-refractivity contribution in [1.29, 1.82) is 0 Å². The lowest BCUT2D eigenvalue weighted by atomic mass is 9.95. The zero-order valence-electron chi connectivity index (χ0n) is 11.2. The van der Waals surface area contributed by atoms with E-state index in [1.165, 1.54) is 12.1 Å². The molecular weight excluding hydrogens is 292 g/mol. The summed E-state index contributed by atoms with van der Waals surface area (Å²) < 4.78 is 0. The predicted octanol–water partition coefficient (Wildman–Crippen LogP) is 0.707. The second kappa shape index (κ2) is 6.70. The van der Waals surface area contributed by atoms with Gasteiger partial charge in [-0.15, -0.1) is 0 Å². The summed E-state index contributed by atoms with van der Waals surface area (Å²) in [5.41, 5.74) is -0.578. The fraction of sp³-hybridized carbons (Fsp3) is 0.0667. The third-order valence-corrected chi connectivity index (χ3v) is 3.04. The van der Waals surface area contributed by atoms with E-state index < -0.39 is 34.7 Å². The fourth-order valence-electron chi connectivity index (χ4n) is 1.92. The third-order valence-electron chi connectivity index (χ3n) is 3.04. The van der Waals surface area contributed by atoms with Gasteiger partial charge in [-0.05, 0) is 11.6 Å². The second-order valence-electron chi connectivity index (χ2n) is 4.35. The van der Waals surface area contributed by atoms with Gasteiger partial charge in [0.15, 0.2) is 23.6 Å². The SMILES string of the molecule is O.O=Cc1c(C(=O)C(O)c2ccccc2)cc(O)c(O)c1O. The van der Waals surface area contributed by atoms with Gasteiger partial charge >= 0.3 is 0 Å². The minimum atomic E-state index is -1.56. The number of Topliss-reactive ketones (excluding diaryl/α,β-unsaturated/α-hetero) is 1. The number of phenolic OH excluding ortho intramolecular Hbond substituents is 3. The first-order valence-electron chi connectivity index (χ1n) is 5.97. The molecule has 0 aliphatic carbocycles. The van der Waals surface area contributed by atoms with Crippen molar-refractivity contribution in [3.8, 4) is 17.2 Å². The number of ketones is 1. The zero-order chi connectivity index (χ0) is 15.6. The molecule has 0 aromatic heterocycles. The van der Waals surface area contributed by atoms with Gasteiger partial charge in [0, 0.05) is 5.56 Å². The number of aromatic hydroxyl groups is 3. The monoisotopic (exact) mass is 306 g/mol. The largest absolute Gasteiger partial charge is 0.504 e. The van der Waals surface area contributed by atoms with E-state index in [1.807, 2.05) is 0 Å². The average Bonchev–Trinajstić information content (AvgIpc) is 2.51. The summed E-state index contributed by atoms with van der Waals surface area (Å²) in [5, 5.41) is 38.4. The molecule has 2 rings (SSSR count). The summed E-state index contributed by atoms with van der Waals surface area (Å²) in [4.78, 5) is 23.2. The van der Waals surface area contributed by atoms with Crippen LogP contribution in [0.15, 0.2) is 36.4 Å². The van der Waals surface area contributed by atoms with E-state index in [0.717, 1.165) is 6.07 Å². The summed E-state index contributed by atoms with van der Waals surface area (Å²) in [6.45, 7) is 0. The predicted molar refractivity (Wildman–Crippen MR) is 76.2 cm³/mol. The van der Waals surface area contributed by atoms with Gasteiger partial charge in [-0.1, -0.05) is 30.3 Å². The Bertz CT molecular complexity index is 695. The van der Waals surface area contributed by atoms with E-state index in [9.17, 15) is 30.0 Å². The lowest BCUT2D eigenvalue weighted by Gasteiger charge is -2.13. The topological polar surface area (TPSA) is 147 Å². The molecule has 116 valence electrons. The second-order valence-corrected chi connectivity index (χ2v) is 4.35. The molecule has 0 saturated heterocycles. The molecule has 2 aromatic rings. The van der Waals surface area contributed by atoms with Gasteiger partial charge in [0.25, 0.3) is 0 Å². The van der Waals surface area contributed by atoms with Crippen LogP contribution in [-0.4, -0.2) is 38.0 Å². The smallest absolute Gasteiger partial charge is 0.201 e. The van der Waals surface area contributed by atoms with Crippen LogP contribution in [0.4, 0.5) is 0 Å². The Balaban J connectivity index is 0.00000242. The van der Waals surface area contributed by atoms with Crippen LogP contribution in [0, 0.1) is 0 Å². The van der Waals surface area contributed by atoms with Crippen molar-refractivity contribution in [1.82, 2.24) is 0 Å². The molecule has 0 aliphatic heterocycles. The summed E-state index contributed by atoms with van der Waals surface area (Å²) in [6, 6.07) is 8.81. The molecule has 0 aliphatic rings. The molecule has 0 fully saturated rings. The van der Waals surface area contributed by atoms with Crippen LogP contribution in [0.5, 0.6) is 17.2 Å². The number of hydrogen-bond acceptors (Lipinski definition) is 6. The summed E-state index contributed by atoms with van der Waals surface area (Å²) in [6.07, 6.45) is -1.40. The molecule has 1 unspecified atom stereocenters. The number of carbonyl (C=O) groups is 2. The zero-order valence-corrected chi connectivity index (χ0v) is 11.2. The van der Waals surface area contributed by atoms with Crippen molar-refractivity contribution in [2.45, 2.75) is 6.10 Å². The Labute approximate surface area is 125 Å². The standard InChI is InChI=1S/C15H12O6.H2O/c16-7-10-9(6-11(17)15(21)14(10)20)13(19)12(18)8-4-2-1-3-5-8;/h1-7,12,17-18,20-21H;1H2. The van der Waals surface area contributed by atoms with E-state index in [4.69, 9.17) is 0 Å². The Kier molecular flexibility index (Phi) is 5.23. The van der Waals surface area contributed by atoms with Crippen molar-refractivity contribution in [2.75, 3.05) is 0 Å². The average molecular weight is 306 g/mol. The van der Waals surface area contributed by atoms with E-state index in [2.05, 4.69) is 0 Å². The first-order chi connectivity index (χ1) is 9.97. The van der Waals surface area contributed by atoms with Crippen LogP contribution in [0.3, 0.4) is 0 Å². The molecule has 6 N–H and O–H groups in total. The molecule has 0 radical (unpaired) electrons. The van der Waals surface area contributed by atoms with Crippen molar-refractivity contribution in [3.05, 3.63) is 53.1 Å². The lowest BCUT2D eigenvalue weighted by Crippen LogP contribution is -2.14. The number of phenols is 3. The Morgan fingerprint density at radius 2 is 1.64 bits per heavy atom. The molecule has 7 heteroatoms. The van der Waals surface area contributed by atoms with Crippen molar-refractivity contribution in [3.63, 3.8) is 0 Å². The molecule has 0 heterocycles. The maximum Gasteiger partial charge on any atom is 0.201 e. The maximum atomic E-state index is 12.2. The van der Waals surface area contributed by atoms with Gasteiger partial charge in [0.1, 0.15) is 6.10 Å². The van der Waals surface area contributed by atoms with Gasteiger partial charge in [-0.3, -0.25) is 9.59 Å². The van der Waals surface area contributed by atoms with Crippen LogP contribution >= 0.6 is 0 Å². The first-order valence-corrected chi connectivity index (χ1v) is 5.97. The molecular formula is C15H14O7. The van der Waals surface area contributed by atoms with Gasteiger partial charge in [-0.2, -0.15) is 0 Å². The van der Waals surface area contributed by atoms with Crippen LogP contribution in [-0.2, 0) is 0 Å². The number of aldehydes is 1. The molecule has 0 amide bonds.